The topological polar surface area (TPSA) is 46.6 Å². The standard InChI is InChI=1S/C18H17NO3S/c1-13-6-8-14(9-7-13)11-22-18(21)10-19-15-4-2-3-5-16(15)23-12-17(19)20/h2-9H,10-12H2,1H3. The monoisotopic (exact) mass is 327 g/mol. The van der Waals surface area contributed by atoms with Gasteiger partial charge < -0.3 is 4.74 Å². The zero-order valence-corrected chi connectivity index (χ0v) is 13.6. The van der Waals surface area contributed by atoms with Crippen LogP contribution in [0.5, 0.6) is 0 Å². The van der Waals surface area contributed by atoms with E-state index < -0.39 is 5.97 Å². The number of hydrogen-bond acceptors (Lipinski definition) is 4. The first-order chi connectivity index (χ1) is 11.1. The third-order valence-electron chi connectivity index (χ3n) is 3.62. The lowest BCUT2D eigenvalue weighted by Gasteiger charge is -2.27. The molecule has 5 heteroatoms. The van der Waals surface area contributed by atoms with Crippen molar-refractivity contribution < 1.29 is 14.3 Å². The van der Waals surface area contributed by atoms with Gasteiger partial charge in [0.05, 0.1) is 11.4 Å². The van der Waals surface area contributed by atoms with Gasteiger partial charge in [-0.3, -0.25) is 14.5 Å². The van der Waals surface area contributed by atoms with Crippen molar-refractivity contribution >= 4 is 29.3 Å². The van der Waals surface area contributed by atoms with Gasteiger partial charge in [-0.25, -0.2) is 0 Å². The molecular formula is C18H17NO3S. The van der Waals surface area contributed by atoms with E-state index in [1.165, 1.54) is 16.7 Å². The van der Waals surface area contributed by atoms with Crippen LogP contribution in [0.3, 0.4) is 0 Å². The molecule has 0 fully saturated rings. The Morgan fingerprint density at radius 1 is 1.17 bits per heavy atom. The summed E-state index contributed by atoms with van der Waals surface area (Å²) in [6.07, 6.45) is 0. The molecule has 1 amide bonds. The van der Waals surface area contributed by atoms with Gasteiger partial charge in [-0.05, 0) is 24.6 Å². The number of nitrogens with zero attached hydrogens (tertiary/aromatic N) is 1. The zero-order valence-electron chi connectivity index (χ0n) is 12.8. The van der Waals surface area contributed by atoms with Crippen molar-refractivity contribution in [1.82, 2.24) is 0 Å². The highest BCUT2D eigenvalue weighted by atomic mass is 32.2. The molecule has 0 aromatic heterocycles. The second-order valence-electron chi connectivity index (χ2n) is 5.38. The van der Waals surface area contributed by atoms with Crippen molar-refractivity contribution in [1.29, 1.82) is 0 Å². The number of benzene rings is 2. The van der Waals surface area contributed by atoms with Crippen molar-refractivity contribution in [3.05, 3.63) is 59.7 Å². The molecule has 4 nitrogen and oxygen atoms in total. The maximum absolute atomic E-state index is 12.1. The number of carbonyl (C=O) groups excluding carboxylic acids is 2. The highest BCUT2D eigenvalue weighted by molar-refractivity contribution is 8.00. The highest BCUT2D eigenvalue weighted by Crippen LogP contribution is 2.34. The van der Waals surface area contributed by atoms with Crippen LogP contribution in [0, 0.1) is 6.92 Å². The maximum Gasteiger partial charge on any atom is 0.326 e. The second kappa shape index (κ2) is 6.87. The number of aryl methyl sites for hydroxylation is 1. The van der Waals surface area contributed by atoms with Gasteiger partial charge in [0.2, 0.25) is 5.91 Å². The van der Waals surface area contributed by atoms with Gasteiger partial charge in [0.25, 0.3) is 0 Å². The number of ether oxygens (including phenoxy) is 1. The van der Waals surface area contributed by atoms with Crippen LogP contribution in [-0.2, 0) is 20.9 Å². The lowest BCUT2D eigenvalue weighted by molar-refractivity contribution is -0.144. The fourth-order valence-electron chi connectivity index (χ4n) is 2.35. The second-order valence-corrected chi connectivity index (χ2v) is 6.40. The van der Waals surface area contributed by atoms with Gasteiger partial charge >= 0.3 is 5.97 Å². The van der Waals surface area contributed by atoms with Crippen LogP contribution in [0.25, 0.3) is 0 Å². The van der Waals surface area contributed by atoms with E-state index in [-0.39, 0.29) is 19.1 Å². The molecule has 1 heterocycles. The molecule has 118 valence electrons. The van der Waals surface area contributed by atoms with Gasteiger partial charge in [-0.2, -0.15) is 0 Å². The number of carbonyl (C=O) groups is 2. The van der Waals surface area contributed by atoms with Crippen molar-refractivity contribution in [2.24, 2.45) is 0 Å². The molecule has 0 N–H and O–H groups in total. The lowest BCUT2D eigenvalue weighted by atomic mass is 10.2. The molecule has 3 rings (SSSR count). The minimum Gasteiger partial charge on any atom is -0.459 e. The van der Waals surface area contributed by atoms with E-state index in [0.717, 1.165) is 21.7 Å². The van der Waals surface area contributed by atoms with Crippen molar-refractivity contribution in [2.75, 3.05) is 17.2 Å². The predicted octanol–water partition coefficient (Wildman–Crippen LogP) is 3.18. The molecule has 0 spiro atoms. The van der Waals surface area contributed by atoms with E-state index in [1.807, 2.05) is 55.5 Å². The first kappa shape index (κ1) is 15.6. The summed E-state index contributed by atoms with van der Waals surface area (Å²) in [5, 5.41) is 0. The molecule has 1 aliphatic heterocycles. The van der Waals surface area contributed by atoms with Crippen molar-refractivity contribution in [2.45, 2.75) is 18.4 Å². The molecular weight excluding hydrogens is 310 g/mol. The summed E-state index contributed by atoms with van der Waals surface area (Å²) in [6.45, 7) is 2.17. The van der Waals surface area contributed by atoms with E-state index in [9.17, 15) is 9.59 Å². The minimum atomic E-state index is -0.402. The molecule has 2 aromatic rings. The summed E-state index contributed by atoms with van der Waals surface area (Å²) in [5.74, 6) is -0.121. The van der Waals surface area contributed by atoms with E-state index in [0.29, 0.717) is 5.75 Å². The Kier molecular flexibility index (Phi) is 4.67. The number of esters is 1. The Morgan fingerprint density at radius 3 is 2.70 bits per heavy atom. The van der Waals surface area contributed by atoms with Gasteiger partial charge in [-0.15, -0.1) is 11.8 Å². The number of anilines is 1. The Morgan fingerprint density at radius 2 is 1.91 bits per heavy atom. The summed E-state index contributed by atoms with van der Waals surface area (Å²) >= 11 is 1.50. The third kappa shape index (κ3) is 3.74. The number of fused-ring (bicyclic) bond motifs is 1. The Bertz CT molecular complexity index is 727. The van der Waals surface area contributed by atoms with Crippen molar-refractivity contribution in [3.63, 3.8) is 0 Å². The van der Waals surface area contributed by atoms with Crippen LogP contribution in [-0.4, -0.2) is 24.2 Å². The Balaban J connectivity index is 1.63. The molecule has 0 saturated heterocycles. The lowest BCUT2D eigenvalue weighted by Crippen LogP contribution is -2.39. The first-order valence-corrected chi connectivity index (χ1v) is 8.35. The van der Waals surface area contributed by atoms with Crippen LogP contribution < -0.4 is 4.90 Å². The largest absolute Gasteiger partial charge is 0.459 e. The summed E-state index contributed by atoms with van der Waals surface area (Å²) in [6, 6.07) is 15.4. The van der Waals surface area contributed by atoms with Crippen LogP contribution in [0.1, 0.15) is 11.1 Å². The highest BCUT2D eigenvalue weighted by Gasteiger charge is 2.26. The number of amides is 1. The van der Waals surface area contributed by atoms with Gasteiger partial charge in [0.1, 0.15) is 13.2 Å². The number of para-hydroxylation sites is 1. The van der Waals surface area contributed by atoms with Crippen LogP contribution in [0.4, 0.5) is 5.69 Å². The van der Waals surface area contributed by atoms with Gasteiger partial charge in [0, 0.05) is 4.90 Å². The van der Waals surface area contributed by atoms with Crippen LogP contribution >= 0.6 is 11.8 Å². The Hall–Kier alpha value is -2.27. The van der Waals surface area contributed by atoms with Gasteiger partial charge in [0.15, 0.2) is 0 Å². The molecule has 0 bridgehead atoms. The number of thioether (sulfide) groups is 1. The predicted molar refractivity (Wildman–Crippen MR) is 90.5 cm³/mol. The van der Waals surface area contributed by atoms with E-state index >= 15 is 0 Å². The maximum atomic E-state index is 12.1. The molecule has 0 aliphatic carbocycles. The third-order valence-corrected chi connectivity index (χ3v) is 4.66. The minimum absolute atomic E-state index is 0.0533. The number of hydrogen-bond donors (Lipinski definition) is 0. The summed E-state index contributed by atoms with van der Waals surface area (Å²) in [5.41, 5.74) is 2.87. The fraction of sp³-hybridized carbons (Fsp3) is 0.222. The van der Waals surface area contributed by atoms with E-state index in [4.69, 9.17) is 4.74 Å². The van der Waals surface area contributed by atoms with Gasteiger partial charge in [-0.1, -0.05) is 42.0 Å². The summed E-state index contributed by atoms with van der Waals surface area (Å²) < 4.78 is 5.29. The fourth-order valence-corrected chi connectivity index (χ4v) is 3.29. The summed E-state index contributed by atoms with van der Waals surface area (Å²) in [4.78, 5) is 26.7. The molecule has 23 heavy (non-hydrogen) atoms. The van der Waals surface area contributed by atoms with Crippen LogP contribution in [0.15, 0.2) is 53.4 Å². The molecule has 0 radical (unpaired) electrons. The quantitative estimate of drug-likeness (QED) is 0.809. The molecule has 0 atom stereocenters. The number of rotatable bonds is 4. The normalized spacial score (nSPS) is 13.6. The SMILES string of the molecule is Cc1ccc(COC(=O)CN2C(=O)CSc3ccccc32)cc1. The first-order valence-electron chi connectivity index (χ1n) is 7.37. The Labute approximate surface area is 139 Å². The molecule has 0 saturated carbocycles. The molecule has 2 aromatic carbocycles. The smallest absolute Gasteiger partial charge is 0.326 e. The van der Waals surface area contributed by atoms with Crippen LogP contribution in [0.2, 0.25) is 0 Å². The average molecular weight is 327 g/mol. The van der Waals surface area contributed by atoms with Crippen molar-refractivity contribution in [3.8, 4) is 0 Å². The van der Waals surface area contributed by atoms with E-state index in [2.05, 4.69) is 0 Å². The zero-order chi connectivity index (χ0) is 16.2. The average Bonchev–Trinajstić information content (AvgIpc) is 2.57. The molecule has 1 aliphatic rings. The molecule has 0 unspecified atom stereocenters. The summed E-state index contributed by atoms with van der Waals surface area (Å²) in [7, 11) is 0. The van der Waals surface area contributed by atoms with E-state index in [1.54, 1.807) is 0 Å².